The Bertz CT molecular complexity index is 1230. The van der Waals surface area contributed by atoms with E-state index in [9.17, 15) is 14.7 Å². The van der Waals surface area contributed by atoms with E-state index in [0.717, 1.165) is 5.56 Å². The Labute approximate surface area is 179 Å². The largest absolute Gasteiger partial charge is 0.493 e. The van der Waals surface area contributed by atoms with Crippen LogP contribution in [0.3, 0.4) is 0 Å². The van der Waals surface area contributed by atoms with Crippen LogP contribution in [-0.2, 0) is 0 Å². The van der Waals surface area contributed by atoms with Crippen LogP contribution in [0.1, 0.15) is 33.3 Å². The van der Waals surface area contributed by atoms with Gasteiger partial charge in [0.2, 0.25) is 5.76 Å². The zero-order valence-corrected chi connectivity index (χ0v) is 17.4. The van der Waals surface area contributed by atoms with Crippen molar-refractivity contribution < 1.29 is 23.8 Å². The second-order valence-electron chi connectivity index (χ2n) is 7.31. The first-order chi connectivity index (χ1) is 15.0. The quantitative estimate of drug-likeness (QED) is 0.590. The molecule has 3 aromatic rings. The van der Waals surface area contributed by atoms with Gasteiger partial charge in [0, 0.05) is 6.54 Å². The van der Waals surface area contributed by atoms with E-state index in [4.69, 9.17) is 13.9 Å². The molecule has 1 aliphatic heterocycles. The number of fused-ring (bicyclic) bond motifs is 2. The van der Waals surface area contributed by atoms with Crippen molar-refractivity contribution in [3.8, 4) is 11.5 Å². The fraction of sp³-hybridized carbons (Fsp3) is 0.250. The summed E-state index contributed by atoms with van der Waals surface area (Å²) in [4.78, 5) is 28.0. The molecule has 1 N–H and O–H groups in total. The number of hydrogen-bond acceptors (Lipinski definition) is 6. The molecule has 160 valence electrons. The molecule has 2 aromatic carbocycles. The molecule has 0 saturated heterocycles. The molecule has 0 bridgehead atoms. The third-order valence-corrected chi connectivity index (χ3v) is 5.32. The van der Waals surface area contributed by atoms with Gasteiger partial charge in [-0.2, -0.15) is 0 Å². The number of carbonyl (C=O) groups excluding carboxylic acids is 1. The minimum absolute atomic E-state index is 0.00533. The van der Waals surface area contributed by atoms with E-state index in [1.807, 2.05) is 13.0 Å². The first-order valence-corrected chi connectivity index (χ1v) is 9.91. The smallest absolute Gasteiger partial charge is 0.290 e. The van der Waals surface area contributed by atoms with Gasteiger partial charge in [0.25, 0.3) is 5.91 Å². The van der Waals surface area contributed by atoms with Crippen molar-refractivity contribution in [2.45, 2.75) is 13.0 Å². The van der Waals surface area contributed by atoms with Crippen molar-refractivity contribution in [1.29, 1.82) is 0 Å². The summed E-state index contributed by atoms with van der Waals surface area (Å²) in [6.45, 7) is 5.64. The van der Waals surface area contributed by atoms with Gasteiger partial charge in [-0.3, -0.25) is 9.59 Å². The van der Waals surface area contributed by atoms with Gasteiger partial charge in [-0.15, -0.1) is 0 Å². The number of carbonyl (C=O) groups is 1. The summed E-state index contributed by atoms with van der Waals surface area (Å²) in [7, 11) is 1.52. The summed E-state index contributed by atoms with van der Waals surface area (Å²) in [5, 5.41) is 9.99. The Balaban J connectivity index is 1.92. The number of amides is 1. The van der Waals surface area contributed by atoms with Gasteiger partial charge in [0.1, 0.15) is 12.2 Å². The maximum atomic E-state index is 13.4. The number of hydrogen-bond donors (Lipinski definition) is 1. The molecule has 31 heavy (non-hydrogen) atoms. The van der Waals surface area contributed by atoms with Crippen molar-refractivity contribution in [1.82, 2.24) is 4.90 Å². The Kier molecular flexibility index (Phi) is 5.52. The third-order valence-electron chi connectivity index (χ3n) is 5.32. The molecule has 7 heteroatoms. The minimum atomic E-state index is -0.710. The van der Waals surface area contributed by atoms with Crippen LogP contribution in [0.5, 0.6) is 11.5 Å². The summed E-state index contributed by atoms with van der Waals surface area (Å²) in [5.41, 5.74) is 1.93. The number of nitrogens with zero attached hydrogens (tertiary/aromatic N) is 1. The lowest BCUT2D eigenvalue weighted by Gasteiger charge is -2.25. The van der Waals surface area contributed by atoms with Gasteiger partial charge in [-0.25, -0.2) is 0 Å². The third kappa shape index (κ3) is 3.47. The van der Waals surface area contributed by atoms with Gasteiger partial charge in [0.15, 0.2) is 16.9 Å². The molecule has 0 fully saturated rings. The van der Waals surface area contributed by atoms with Crippen molar-refractivity contribution >= 4 is 16.9 Å². The molecule has 1 amide bonds. The van der Waals surface area contributed by atoms with Gasteiger partial charge >= 0.3 is 0 Å². The Morgan fingerprint density at radius 1 is 1.19 bits per heavy atom. The fourth-order valence-electron chi connectivity index (χ4n) is 3.94. The van der Waals surface area contributed by atoms with Crippen LogP contribution in [-0.4, -0.2) is 42.8 Å². The van der Waals surface area contributed by atoms with Crippen LogP contribution in [0, 0.1) is 6.92 Å². The van der Waals surface area contributed by atoms with E-state index in [1.165, 1.54) is 12.0 Å². The lowest BCUT2D eigenvalue weighted by Crippen LogP contribution is -2.32. The lowest BCUT2D eigenvalue weighted by molar-refractivity contribution is 0.0691. The van der Waals surface area contributed by atoms with E-state index >= 15 is 0 Å². The number of aliphatic hydroxyl groups is 1. The van der Waals surface area contributed by atoms with Crippen LogP contribution in [0.2, 0.25) is 0 Å². The predicted octanol–water partition coefficient (Wildman–Crippen LogP) is 3.21. The first kappa shape index (κ1) is 20.7. The summed E-state index contributed by atoms with van der Waals surface area (Å²) < 4.78 is 16.9. The predicted molar refractivity (Wildman–Crippen MR) is 116 cm³/mol. The highest BCUT2D eigenvalue weighted by Gasteiger charge is 2.42. The normalized spacial score (nSPS) is 15.3. The number of β-amino-alcohol motifs (C(OH)–C–C–N with tert-alkyl or cyclic N) is 1. The number of aliphatic hydroxyl groups excluding tert-OH is 1. The van der Waals surface area contributed by atoms with Gasteiger partial charge in [-0.05, 0) is 36.8 Å². The second kappa shape index (κ2) is 8.28. The second-order valence-corrected chi connectivity index (χ2v) is 7.31. The van der Waals surface area contributed by atoms with Crippen molar-refractivity contribution in [2.24, 2.45) is 0 Å². The van der Waals surface area contributed by atoms with Crippen LogP contribution >= 0.6 is 0 Å². The molecule has 2 heterocycles. The van der Waals surface area contributed by atoms with Gasteiger partial charge in [-0.1, -0.05) is 30.4 Å². The van der Waals surface area contributed by atoms with Crippen LogP contribution in [0.25, 0.3) is 11.0 Å². The average molecular weight is 421 g/mol. The molecule has 1 atom stereocenters. The van der Waals surface area contributed by atoms with Gasteiger partial charge < -0.3 is 23.9 Å². The molecular formula is C24H23NO6. The number of methoxy groups -OCH3 is 1. The average Bonchev–Trinajstić information content (AvgIpc) is 3.05. The van der Waals surface area contributed by atoms with E-state index in [0.29, 0.717) is 34.6 Å². The SMILES string of the molecule is C=CCOc1ccc([C@H]2c3c(oc4ccc(C)cc4c3=O)C(=O)N2CCO)cc1OC. The number of rotatable bonds is 7. The molecular weight excluding hydrogens is 398 g/mol. The molecule has 1 aliphatic rings. The van der Waals surface area contributed by atoms with Crippen molar-refractivity contribution in [2.75, 3.05) is 26.9 Å². The molecule has 0 spiro atoms. The van der Waals surface area contributed by atoms with E-state index in [-0.39, 0.29) is 29.9 Å². The van der Waals surface area contributed by atoms with Crippen molar-refractivity contribution in [3.05, 3.63) is 81.7 Å². The van der Waals surface area contributed by atoms with E-state index in [2.05, 4.69) is 6.58 Å². The molecule has 4 rings (SSSR count). The van der Waals surface area contributed by atoms with E-state index < -0.39 is 11.9 Å². The number of aryl methyl sites for hydroxylation is 1. The van der Waals surface area contributed by atoms with Crippen molar-refractivity contribution in [3.63, 3.8) is 0 Å². The molecule has 1 aromatic heterocycles. The molecule has 7 nitrogen and oxygen atoms in total. The zero-order valence-electron chi connectivity index (χ0n) is 17.4. The molecule has 0 unspecified atom stereocenters. The maximum absolute atomic E-state index is 13.4. The minimum Gasteiger partial charge on any atom is -0.493 e. The molecule has 0 radical (unpaired) electrons. The monoisotopic (exact) mass is 421 g/mol. The Morgan fingerprint density at radius 2 is 2.00 bits per heavy atom. The Morgan fingerprint density at radius 3 is 2.71 bits per heavy atom. The first-order valence-electron chi connectivity index (χ1n) is 9.91. The summed E-state index contributed by atoms with van der Waals surface area (Å²) in [6, 6.07) is 9.80. The van der Waals surface area contributed by atoms with Crippen LogP contribution < -0.4 is 14.9 Å². The molecule has 0 aliphatic carbocycles. The maximum Gasteiger partial charge on any atom is 0.290 e. The summed E-state index contributed by atoms with van der Waals surface area (Å²) >= 11 is 0. The molecule has 0 saturated carbocycles. The summed E-state index contributed by atoms with van der Waals surface area (Å²) in [5.74, 6) is 0.557. The highest BCUT2D eigenvalue weighted by atomic mass is 16.5. The number of ether oxygens (including phenoxy) is 2. The van der Waals surface area contributed by atoms with Crippen LogP contribution in [0.4, 0.5) is 0 Å². The Hall–Kier alpha value is -3.58. The van der Waals surface area contributed by atoms with E-state index in [1.54, 1.807) is 36.4 Å². The topological polar surface area (TPSA) is 89.2 Å². The highest BCUT2D eigenvalue weighted by Crippen LogP contribution is 2.40. The lowest BCUT2D eigenvalue weighted by atomic mass is 9.97. The number of benzene rings is 2. The highest BCUT2D eigenvalue weighted by molar-refractivity contribution is 5.99. The van der Waals surface area contributed by atoms with Gasteiger partial charge in [0.05, 0.1) is 30.7 Å². The standard InChI is InChI=1S/C24H23NO6/c1-4-11-30-18-8-6-15(13-19(18)29-3)21-20-22(27)16-12-14(2)5-7-17(16)31-23(20)24(28)25(21)9-10-26/h4-8,12-13,21,26H,1,9-11H2,2-3H3/t21-/m0/s1. The fourth-order valence-corrected chi connectivity index (χ4v) is 3.94. The summed E-state index contributed by atoms with van der Waals surface area (Å²) in [6.07, 6.45) is 1.63. The zero-order chi connectivity index (χ0) is 22.1. The van der Waals surface area contributed by atoms with Crippen LogP contribution in [0.15, 0.2) is 58.3 Å².